The van der Waals surface area contributed by atoms with Gasteiger partial charge in [0, 0.05) is 51.5 Å². The van der Waals surface area contributed by atoms with Crippen molar-refractivity contribution in [2.45, 2.75) is 12.8 Å². The Morgan fingerprint density at radius 1 is 0.871 bits per heavy atom. The highest BCUT2D eigenvalue weighted by Crippen LogP contribution is 2.28. The summed E-state index contributed by atoms with van der Waals surface area (Å²) in [6.07, 6.45) is 1.06. The lowest BCUT2D eigenvalue weighted by molar-refractivity contribution is -0.130. The van der Waals surface area contributed by atoms with Gasteiger partial charge < -0.3 is 24.2 Å². The number of rotatable bonds is 6. The summed E-state index contributed by atoms with van der Waals surface area (Å²) in [4.78, 5) is 31.5. The summed E-state index contributed by atoms with van der Waals surface area (Å²) in [5, 5.41) is 0. The number of hydrogen-bond acceptors (Lipinski definition) is 5. The highest BCUT2D eigenvalue weighted by molar-refractivity contribution is 5.94. The highest BCUT2D eigenvalue weighted by Gasteiger charge is 2.23. The summed E-state index contributed by atoms with van der Waals surface area (Å²) in [5.74, 6) is 1.32. The zero-order valence-corrected chi connectivity index (χ0v) is 18.8. The number of anilines is 1. The number of carbonyl (C=O) groups is 2. The molecule has 0 aromatic heterocycles. The maximum Gasteiger partial charge on any atom is 0.253 e. The molecule has 7 heteroatoms. The Morgan fingerprint density at radius 3 is 2.16 bits per heavy atom. The number of amides is 2. The van der Waals surface area contributed by atoms with Gasteiger partial charge in [-0.1, -0.05) is 6.07 Å². The van der Waals surface area contributed by atoms with Gasteiger partial charge in [-0.3, -0.25) is 9.59 Å². The van der Waals surface area contributed by atoms with Crippen LogP contribution in [0.2, 0.25) is 0 Å². The van der Waals surface area contributed by atoms with Gasteiger partial charge in [0.05, 0.1) is 20.6 Å². The van der Waals surface area contributed by atoms with E-state index >= 15 is 0 Å². The van der Waals surface area contributed by atoms with Crippen LogP contribution in [0.5, 0.6) is 11.5 Å². The van der Waals surface area contributed by atoms with Crippen molar-refractivity contribution in [1.82, 2.24) is 9.80 Å². The van der Waals surface area contributed by atoms with E-state index < -0.39 is 0 Å². The highest BCUT2D eigenvalue weighted by atomic mass is 16.5. The van der Waals surface area contributed by atoms with Crippen LogP contribution in [0.4, 0.5) is 5.69 Å². The summed E-state index contributed by atoms with van der Waals surface area (Å²) in [5.41, 5.74) is 2.61. The normalized spacial score (nSPS) is 14.1. The third kappa shape index (κ3) is 5.48. The zero-order valence-electron chi connectivity index (χ0n) is 18.8. The van der Waals surface area contributed by atoms with Gasteiger partial charge in [-0.05, 0) is 48.4 Å². The molecule has 1 aliphatic rings. The molecule has 31 heavy (non-hydrogen) atoms. The molecule has 7 nitrogen and oxygen atoms in total. The molecule has 2 aromatic rings. The van der Waals surface area contributed by atoms with Crippen molar-refractivity contribution in [1.29, 1.82) is 0 Å². The largest absolute Gasteiger partial charge is 0.493 e. The molecule has 1 fully saturated rings. The minimum absolute atomic E-state index is 0.0134. The zero-order chi connectivity index (χ0) is 22.4. The topological polar surface area (TPSA) is 62.3 Å². The van der Waals surface area contributed by atoms with Gasteiger partial charge in [-0.15, -0.1) is 0 Å². The summed E-state index contributed by atoms with van der Waals surface area (Å²) in [6, 6.07) is 13.1. The lowest BCUT2D eigenvalue weighted by Gasteiger charge is -2.23. The van der Waals surface area contributed by atoms with Crippen LogP contribution in [0.25, 0.3) is 0 Å². The smallest absolute Gasteiger partial charge is 0.253 e. The molecule has 1 saturated heterocycles. The number of benzene rings is 2. The van der Waals surface area contributed by atoms with E-state index in [1.165, 1.54) is 0 Å². The molecular formula is C24H31N3O4. The minimum Gasteiger partial charge on any atom is -0.493 e. The van der Waals surface area contributed by atoms with Gasteiger partial charge in [-0.25, -0.2) is 0 Å². The molecular weight excluding hydrogens is 394 g/mol. The summed E-state index contributed by atoms with van der Waals surface area (Å²) < 4.78 is 10.6. The molecule has 0 N–H and O–H groups in total. The molecule has 0 spiro atoms. The first kappa shape index (κ1) is 22.5. The van der Waals surface area contributed by atoms with E-state index in [0.717, 1.165) is 17.7 Å². The van der Waals surface area contributed by atoms with Crippen LogP contribution >= 0.6 is 0 Å². The first-order chi connectivity index (χ1) is 14.9. The van der Waals surface area contributed by atoms with Crippen LogP contribution in [0.15, 0.2) is 42.5 Å². The molecule has 0 atom stereocenters. The van der Waals surface area contributed by atoms with Crippen molar-refractivity contribution in [3.63, 3.8) is 0 Å². The SMILES string of the molecule is COc1ccc(CC(=O)N2CCCN(C(=O)c3ccc(N(C)C)cc3)CC2)cc1OC. The molecule has 0 radical (unpaired) electrons. The third-order valence-electron chi connectivity index (χ3n) is 5.57. The summed E-state index contributed by atoms with van der Waals surface area (Å²) in [6.45, 7) is 2.36. The van der Waals surface area contributed by atoms with Crippen molar-refractivity contribution in [3.05, 3.63) is 53.6 Å². The van der Waals surface area contributed by atoms with Gasteiger partial charge >= 0.3 is 0 Å². The fraction of sp³-hybridized carbons (Fsp3) is 0.417. The fourth-order valence-corrected chi connectivity index (χ4v) is 3.73. The van der Waals surface area contributed by atoms with Gasteiger partial charge in [-0.2, -0.15) is 0 Å². The van der Waals surface area contributed by atoms with E-state index in [1.807, 2.05) is 71.3 Å². The number of hydrogen-bond donors (Lipinski definition) is 0. The van der Waals surface area contributed by atoms with Gasteiger partial charge in [0.15, 0.2) is 11.5 Å². The van der Waals surface area contributed by atoms with Crippen LogP contribution in [0, 0.1) is 0 Å². The van der Waals surface area contributed by atoms with Crippen molar-refractivity contribution in [2.75, 3.05) is 59.4 Å². The van der Waals surface area contributed by atoms with Crippen LogP contribution in [-0.4, -0.2) is 76.1 Å². The molecule has 3 rings (SSSR count). The average Bonchev–Trinajstić information content (AvgIpc) is 3.05. The van der Waals surface area contributed by atoms with E-state index in [2.05, 4.69) is 0 Å². The standard InChI is InChI=1S/C24H31N3O4/c1-25(2)20-9-7-19(8-10-20)24(29)27-13-5-12-26(14-15-27)23(28)17-18-6-11-21(30-3)22(16-18)31-4/h6-11,16H,5,12-15,17H2,1-4H3. The van der Waals surface area contributed by atoms with Crippen LogP contribution in [0.1, 0.15) is 22.3 Å². The Balaban J connectivity index is 1.60. The first-order valence-electron chi connectivity index (χ1n) is 10.5. The van der Waals surface area contributed by atoms with Crippen LogP contribution in [-0.2, 0) is 11.2 Å². The Labute approximate surface area is 184 Å². The molecule has 1 heterocycles. The second-order valence-corrected chi connectivity index (χ2v) is 7.83. The van der Waals surface area contributed by atoms with Crippen molar-refractivity contribution < 1.29 is 19.1 Å². The predicted molar refractivity (Wildman–Crippen MR) is 121 cm³/mol. The van der Waals surface area contributed by atoms with Gasteiger partial charge in [0.1, 0.15) is 0 Å². The summed E-state index contributed by atoms with van der Waals surface area (Å²) >= 11 is 0. The van der Waals surface area contributed by atoms with E-state index in [9.17, 15) is 9.59 Å². The minimum atomic E-state index is 0.0134. The van der Waals surface area contributed by atoms with Gasteiger partial charge in [0.25, 0.3) is 5.91 Å². The second-order valence-electron chi connectivity index (χ2n) is 7.83. The molecule has 2 amide bonds. The molecule has 2 aromatic carbocycles. The quantitative estimate of drug-likeness (QED) is 0.712. The van der Waals surface area contributed by atoms with E-state index in [-0.39, 0.29) is 11.8 Å². The fourth-order valence-electron chi connectivity index (χ4n) is 3.73. The predicted octanol–water partition coefficient (Wildman–Crippen LogP) is 2.69. The van der Waals surface area contributed by atoms with Crippen molar-refractivity contribution in [2.24, 2.45) is 0 Å². The first-order valence-corrected chi connectivity index (χ1v) is 10.5. The van der Waals surface area contributed by atoms with E-state index in [0.29, 0.717) is 49.7 Å². The Bertz CT molecular complexity index is 912. The Morgan fingerprint density at radius 2 is 1.52 bits per heavy atom. The number of ether oxygens (including phenoxy) is 2. The lowest BCUT2D eigenvalue weighted by Crippen LogP contribution is -2.38. The Hall–Kier alpha value is -3.22. The lowest BCUT2D eigenvalue weighted by atomic mass is 10.1. The second kappa shape index (κ2) is 10.2. The Kier molecular flexibility index (Phi) is 7.39. The molecule has 0 aliphatic carbocycles. The molecule has 1 aliphatic heterocycles. The molecule has 0 unspecified atom stereocenters. The molecule has 166 valence electrons. The van der Waals surface area contributed by atoms with Crippen molar-refractivity contribution >= 4 is 17.5 Å². The third-order valence-corrected chi connectivity index (χ3v) is 5.57. The van der Waals surface area contributed by atoms with Crippen LogP contribution < -0.4 is 14.4 Å². The number of carbonyl (C=O) groups excluding carboxylic acids is 2. The maximum atomic E-state index is 12.9. The maximum absolute atomic E-state index is 12.9. The molecule has 0 saturated carbocycles. The average molecular weight is 426 g/mol. The summed E-state index contributed by atoms with van der Waals surface area (Å²) in [7, 11) is 7.11. The monoisotopic (exact) mass is 425 g/mol. The number of methoxy groups -OCH3 is 2. The molecule has 0 bridgehead atoms. The van der Waals surface area contributed by atoms with E-state index in [4.69, 9.17) is 9.47 Å². The van der Waals surface area contributed by atoms with Crippen molar-refractivity contribution in [3.8, 4) is 11.5 Å². The van der Waals surface area contributed by atoms with Crippen LogP contribution in [0.3, 0.4) is 0 Å². The number of nitrogens with zero attached hydrogens (tertiary/aromatic N) is 3. The van der Waals surface area contributed by atoms with Gasteiger partial charge in [0.2, 0.25) is 5.91 Å². The van der Waals surface area contributed by atoms with E-state index in [1.54, 1.807) is 14.2 Å².